The second kappa shape index (κ2) is 7.68. The average Bonchev–Trinajstić information content (AvgIpc) is 2.38. The summed E-state index contributed by atoms with van der Waals surface area (Å²) >= 11 is 0. The SMILES string of the molecule is CCCNC(CCc1ccc(OC)cc1C)C(C)(C)C. The van der Waals surface area contributed by atoms with Crippen molar-refractivity contribution >= 4 is 0 Å². The Kier molecular flexibility index (Phi) is 6.54. The van der Waals surface area contributed by atoms with Gasteiger partial charge in [-0.2, -0.15) is 0 Å². The molecule has 0 spiro atoms. The number of rotatable bonds is 7. The Balaban J connectivity index is 2.67. The number of ether oxygens (including phenoxy) is 1. The fourth-order valence-electron chi connectivity index (χ4n) is 2.54. The summed E-state index contributed by atoms with van der Waals surface area (Å²) < 4.78 is 5.27. The second-order valence-corrected chi connectivity index (χ2v) is 6.70. The van der Waals surface area contributed by atoms with Crippen LogP contribution in [-0.2, 0) is 6.42 Å². The second-order valence-electron chi connectivity index (χ2n) is 6.70. The molecule has 0 aliphatic rings. The number of hydrogen-bond acceptors (Lipinski definition) is 2. The topological polar surface area (TPSA) is 21.3 Å². The number of benzene rings is 1. The molecule has 1 unspecified atom stereocenters. The zero-order chi connectivity index (χ0) is 15.2. The Morgan fingerprint density at radius 3 is 2.45 bits per heavy atom. The minimum atomic E-state index is 0.301. The lowest BCUT2D eigenvalue weighted by Crippen LogP contribution is -2.41. The van der Waals surface area contributed by atoms with E-state index in [9.17, 15) is 0 Å². The minimum absolute atomic E-state index is 0.301. The number of methoxy groups -OCH3 is 1. The summed E-state index contributed by atoms with van der Waals surface area (Å²) in [5, 5.41) is 3.70. The van der Waals surface area contributed by atoms with Crippen LogP contribution in [0.5, 0.6) is 5.75 Å². The van der Waals surface area contributed by atoms with Crippen molar-refractivity contribution in [3.8, 4) is 5.75 Å². The van der Waals surface area contributed by atoms with Crippen LogP contribution in [0.4, 0.5) is 0 Å². The molecular formula is C18H31NO. The van der Waals surface area contributed by atoms with Gasteiger partial charge in [-0.05, 0) is 61.4 Å². The van der Waals surface area contributed by atoms with Gasteiger partial charge in [0.15, 0.2) is 0 Å². The van der Waals surface area contributed by atoms with Gasteiger partial charge in [0.1, 0.15) is 5.75 Å². The maximum Gasteiger partial charge on any atom is 0.119 e. The predicted molar refractivity (Wildman–Crippen MR) is 87.6 cm³/mol. The third-order valence-electron chi connectivity index (χ3n) is 3.94. The summed E-state index contributed by atoms with van der Waals surface area (Å²) in [4.78, 5) is 0. The molecule has 20 heavy (non-hydrogen) atoms. The Hall–Kier alpha value is -1.02. The van der Waals surface area contributed by atoms with Crippen LogP contribution in [0.2, 0.25) is 0 Å². The molecule has 0 saturated heterocycles. The first-order chi connectivity index (χ1) is 9.38. The van der Waals surface area contributed by atoms with Gasteiger partial charge < -0.3 is 10.1 Å². The molecule has 114 valence electrons. The standard InChI is InChI=1S/C18H31NO/c1-7-12-19-17(18(3,4)5)11-9-15-8-10-16(20-6)13-14(15)2/h8,10,13,17,19H,7,9,11-12H2,1-6H3. The van der Waals surface area contributed by atoms with Crippen LogP contribution in [0.25, 0.3) is 0 Å². The highest BCUT2D eigenvalue weighted by Gasteiger charge is 2.23. The lowest BCUT2D eigenvalue weighted by molar-refractivity contribution is 0.255. The molecule has 2 heteroatoms. The molecule has 1 atom stereocenters. The van der Waals surface area contributed by atoms with Crippen molar-refractivity contribution in [2.24, 2.45) is 5.41 Å². The summed E-state index contributed by atoms with van der Waals surface area (Å²) in [6.07, 6.45) is 3.49. The van der Waals surface area contributed by atoms with Crippen molar-refractivity contribution in [1.82, 2.24) is 5.32 Å². The van der Waals surface area contributed by atoms with Crippen LogP contribution in [0, 0.1) is 12.3 Å². The van der Waals surface area contributed by atoms with Gasteiger partial charge in [0.25, 0.3) is 0 Å². The van der Waals surface area contributed by atoms with Crippen LogP contribution in [-0.4, -0.2) is 19.7 Å². The summed E-state index contributed by atoms with van der Waals surface area (Å²) in [6, 6.07) is 6.95. The Morgan fingerprint density at radius 1 is 1.25 bits per heavy atom. The molecule has 1 N–H and O–H groups in total. The maximum atomic E-state index is 5.27. The largest absolute Gasteiger partial charge is 0.497 e. The molecule has 0 aromatic heterocycles. The average molecular weight is 277 g/mol. The quantitative estimate of drug-likeness (QED) is 0.800. The molecule has 1 rings (SSSR count). The molecule has 0 saturated carbocycles. The number of hydrogen-bond donors (Lipinski definition) is 1. The van der Waals surface area contributed by atoms with Crippen LogP contribution in [0.3, 0.4) is 0 Å². The van der Waals surface area contributed by atoms with E-state index in [1.807, 2.05) is 0 Å². The van der Waals surface area contributed by atoms with Gasteiger partial charge in [-0.25, -0.2) is 0 Å². The Bertz CT molecular complexity index is 406. The van der Waals surface area contributed by atoms with Crippen molar-refractivity contribution in [2.75, 3.05) is 13.7 Å². The first kappa shape index (κ1) is 17.0. The molecule has 0 radical (unpaired) electrons. The maximum absolute atomic E-state index is 5.27. The molecule has 0 aliphatic heterocycles. The van der Waals surface area contributed by atoms with Gasteiger partial charge in [0, 0.05) is 6.04 Å². The van der Waals surface area contributed by atoms with E-state index in [2.05, 4.69) is 58.1 Å². The lowest BCUT2D eigenvalue weighted by atomic mass is 9.83. The fraction of sp³-hybridized carbons (Fsp3) is 0.667. The first-order valence-electron chi connectivity index (χ1n) is 7.75. The van der Waals surface area contributed by atoms with Gasteiger partial charge in [-0.1, -0.05) is 33.8 Å². The zero-order valence-electron chi connectivity index (χ0n) is 14.0. The fourth-order valence-corrected chi connectivity index (χ4v) is 2.54. The van der Waals surface area contributed by atoms with E-state index in [4.69, 9.17) is 4.74 Å². The third-order valence-corrected chi connectivity index (χ3v) is 3.94. The van der Waals surface area contributed by atoms with Gasteiger partial charge in [-0.3, -0.25) is 0 Å². The molecular weight excluding hydrogens is 246 g/mol. The summed E-state index contributed by atoms with van der Waals surface area (Å²) in [6.45, 7) is 12.5. The van der Waals surface area contributed by atoms with E-state index in [1.165, 1.54) is 24.0 Å². The number of nitrogens with one attached hydrogen (secondary N) is 1. The van der Waals surface area contributed by atoms with E-state index >= 15 is 0 Å². The van der Waals surface area contributed by atoms with Crippen molar-refractivity contribution in [3.63, 3.8) is 0 Å². The van der Waals surface area contributed by atoms with Crippen LogP contribution < -0.4 is 10.1 Å². The smallest absolute Gasteiger partial charge is 0.119 e. The van der Waals surface area contributed by atoms with Gasteiger partial charge in [0.05, 0.1) is 7.11 Å². The van der Waals surface area contributed by atoms with Gasteiger partial charge >= 0.3 is 0 Å². The molecule has 0 heterocycles. The Morgan fingerprint density at radius 2 is 1.95 bits per heavy atom. The van der Waals surface area contributed by atoms with Crippen molar-refractivity contribution < 1.29 is 4.74 Å². The molecule has 1 aromatic rings. The first-order valence-corrected chi connectivity index (χ1v) is 7.75. The Labute approximate surface area is 124 Å². The van der Waals surface area contributed by atoms with Crippen molar-refractivity contribution in [3.05, 3.63) is 29.3 Å². The normalized spacial score (nSPS) is 13.3. The molecule has 0 amide bonds. The molecule has 0 bridgehead atoms. The lowest BCUT2D eigenvalue weighted by Gasteiger charge is -2.32. The number of aryl methyl sites for hydroxylation is 2. The van der Waals surface area contributed by atoms with Crippen LogP contribution in [0.1, 0.15) is 51.7 Å². The summed E-state index contributed by atoms with van der Waals surface area (Å²) in [7, 11) is 1.72. The third kappa shape index (κ3) is 5.16. The highest BCUT2D eigenvalue weighted by Crippen LogP contribution is 2.25. The monoisotopic (exact) mass is 277 g/mol. The minimum Gasteiger partial charge on any atom is -0.497 e. The molecule has 0 aliphatic carbocycles. The van der Waals surface area contributed by atoms with E-state index in [0.717, 1.165) is 18.7 Å². The molecule has 1 aromatic carbocycles. The highest BCUT2D eigenvalue weighted by molar-refractivity contribution is 5.34. The van der Waals surface area contributed by atoms with Crippen LogP contribution >= 0.6 is 0 Å². The van der Waals surface area contributed by atoms with E-state index in [0.29, 0.717) is 11.5 Å². The zero-order valence-corrected chi connectivity index (χ0v) is 14.0. The van der Waals surface area contributed by atoms with E-state index in [-0.39, 0.29) is 0 Å². The summed E-state index contributed by atoms with van der Waals surface area (Å²) in [5.41, 5.74) is 3.06. The van der Waals surface area contributed by atoms with Crippen molar-refractivity contribution in [2.45, 2.75) is 59.9 Å². The highest BCUT2D eigenvalue weighted by atomic mass is 16.5. The molecule has 0 fully saturated rings. The molecule has 2 nitrogen and oxygen atoms in total. The predicted octanol–water partition coefficient (Wildman–Crippen LogP) is 4.35. The van der Waals surface area contributed by atoms with E-state index < -0.39 is 0 Å². The summed E-state index contributed by atoms with van der Waals surface area (Å²) in [5.74, 6) is 0.947. The van der Waals surface area contributed by atoms with Gasteiger partial charge in [-0.15, -0.1) is 0 Å². The van der Waals surface area contributed by atoms with Gasteiger partial charge in [0.2, 0.25) is 0 Å². The van der Waals surface area contributed by atoms with Crippen molar-refractivity contribution in [1.29, 1.82) is 0 Å². The van der Waals surface area contributed by atoms with E-state index in [1.54, 1.807) is 7.11 Å². The van der Waals surface area contributed by atoms with Crippen LogP contribution in [0.15, 0.2) is 18.2 Å².